The molecule has 60 valence electrons. The minimum absolute atomic E-state index is 0.0844. The van der Waals surface area contributed by atoms with Gasteiger partial charge in [-0.2, -0.15) is 5.26 Å². The van der Waals surface area contributed by atoms with Gasteiger partial charge in [-0.15, -0.1) is 0 Å². The SMILES string of the molecule is N#CC[C@@H]1CC[C@@H](C(=O)O)N1. The van der Waals surface area contributed by atoms with Crippen LogP contribution in [-0.4, -0.2) is 23.2 Å². The highest BCUT2D eigenvalue weighted by molar-refractivity contribution is 5.73. The maximum atomic E-state index is 10.4. The Bertz CT molecular complexity index is 197. The Morgan fingerprint density at radius 2 is 2.45 bits per heavy atom. The van der Waals surface area contributed by atoms with Gasteiger partial charge in [-0.25, -0.2) is 0 Å². The molecular weight excluding hydrogens is 144 g/mol. The number of hydrogen-bond acceptors (Lipinski definition) is 3. The third-order valence-electron chi connectivity index (χ3n) is 1.88. The summed E-state index contributed by atoms with van der Waals surface area (Å²) in [6.07, 6.45) is 1.84. The second-order valence-corrected chi connectivity index (χ2v) is 2.69. The summed E-state index contributed by atoms with van der Waals surface area (Å²) in [5, 5.41) is 19.7. The zero-order chi connectivity index (χ0) is 8.27. The topological polar surface area (TPSA) is 73.1 Å². The number of aliphatic carboxylic acids is 1. The van der Waals surface area contributed by atoms with Crippen molar-refractivity contribution in [2.45, 2.75) is 31.3 Å². The van der Waals surface area contributed by atoms with E-state index in [1.807, 2.05) is 6.07 Å². The zero-order valence-corrected chi connectivity index (χ0v) is 6.08. The lowest BCUT2D eigenvalue weighted by atomic mass is 10.1. The Hall–Kier alpha value is -1.08. The van der Waals surface area contributed by atoms with E-state index in [2.05, 4.69) is 5.32 Å². The summed E-state index contributed by atoms with van der Waals surface area (Å²) in [4.78, 5) is 10.4. The molecule has 0 saturated carbocycles. The summed E-state index contributed by atoms with van der Waals surface area (Å²) < 4.78 is 0. The van der Waals surface area contributed by atoms with Crippen molar-refractivity contribution in [2.75, 3.05) is 0 Å². The van der Waals surface area contributed by atoms with Gasteiger partial charge in [-0.3, -0.25) is 4.79 Å². The number of carbonyl (C=O) groups is 1. The maximum absolute atomic E-state index is 10.4. The summed E-state index contributed by atoms with van der Waals surface area (Å²) in [5.41, 5.74) is 0. The predicted molar refractivity (Wildman–Crippen MR) is 37.8 cm³/mol. The highest BCUT2D eigenvalue weighted by atomic mass is 16.4. The van der Waals surface area contributed by atoms with Crippen molar-refractivity contribution < 1.29 is 9.90 Å². The lowest BCUT2D eigenvalue weighted by Crippen LogP contribution is -2.35. The molecule has 1 heterocycles. The van der Waals surface area contributed by atoms with E-state index < -0.39 is 12.0 Å². The molecule has 0 aromatic rings. The van der Waals surface area contributed by atoms with Crippen molar-refractivity contribution in [3.05, 3.63) is 0 Å². The third kappa shape index (κ3) is 1.92. The molecule has 1 fully saturated rings. The van der Waals surface area contributed by atoms with Gasteiger partial charge in [-0.1, -0.05) is 0 Å². The molecule has 1 saturated heterocycles. The first-order chi connectivity index (χ1) is 5.24. The summed E-state index contributed by atoms with van der Waals surface area (Å²) in [7, 11) is 0. The van der Waals surface area contributed by atoms with Crippen LogP contribution >= 0.6 is 0 Å². The van der Waals surface area contributed by atoms with Crippen LogP contribution < -0.4 is 5.32 Å². The van der Waals surface area contributed by atoms with Gasteiger partial charge in [0.05, 0.1) is 12.5 Å². The Kier molecular flexibility index (Phi) is 2.44. The van der Waals surface area contributed by atoms with Crippen molar-refractivity contribution >= 4 is 5.97 Å². The molecule has 0 aromatic heterocycles. The average Bonchev–Trinajstić information content (AvgIpc) is 2.37. The summed E-state index contributed by atoms with van der Waals surface area (Å²) in [6, 6.07) is 1.66. The van der Waals surface area contributed by atoms with Gasteiger partial charge in [0.1, 0.15) is 6.04 Å². The Morgan fingerprint density at radius 1 is 1.73 bits per heavy atom. The van der Waals surface area contributed by atoms with Crippen LogP contribution in [0.5, 0.6) is 0 Å². The molecule has 2 N–H and O–H groups in total. The highest BCUT2D eigenvalue weighted by Gasteiger charge is 2.27. The molecule has 1 rings (SSSR count). The van der Waals surface area contributed by atoms with Crippen molar-refractivity contribution in [3.8, 4) is 6.07 Å². The molecule has 1 aliphatic heterocycles. The first-order valence-electron chi connectivity index (χ1n) is 3.60. The molecular formula is C7H10N2O2. The van der Waals surface area contributed by atoms with E-state index in [9.17, 15) is 4.79 Å². The van der Waals surface area contributed by atoms with Crippen molar-refractivity contribution in [3.63, 3.8) is 0 Å². The lowest BCUT2D eigenvalue weighted by Gasteiger charge is -2.06. The standard InChI is InChI=1S/C7H10N2O2/c8-4-3-5-1-2-6(9-5)7(10)11/h5-6,9H,1-3H2,(H,10,11)/t5-,6-/m0/s1. The van der Waals surface area contributed by atoms with Gasteiger partial charge in [0.15, 0.2) is 0 Å². The van der Waals surface area contributed by atoms with Gasteiger partial charge < -0.3 is 10.4 Å². The fraction of sp³-hybridized carbons (Fsp3) is 0.714. The first-order valence-corrected chi connectivity index (χ1v) is 3.60. The van der Waals surface area contributed by atoms with Gasteiger partial charge in [0.2, 0.25) is 0 Å². The van der Waals surface area contributed by atoms with E-state index in [-0.39, 0.29) is 6.04 Å². The number of nitriles is 1. The fourth-order valence-electron chi connectivity index (χ4n) is 1.28. The second-order valence-electron chi connectivity index (χ2n) is 2.69. The minimum atomic E-state index is -0.814. The van der Waals surface area contributed by atoms with Gasteiger partial charge in [0.25, 0.3) is 0 Å². The van der Waals surface area contributed by atoms with Crippen LogP contribution in [0.2, 0.25) is 0 Å². The van der Waals surface area contributed by atoms with E-state index in [1.165, 1.54) is 0 Å². The molecule has 4 nitrogen and oxygen atoms in total. The van der Waals surface area contributed by atoms with E-state index >= 15 is 0 Å². The Morgan fingerprint density at radius 3 is 2.91 bits per heavy atom. The molecule has 2 atom stereocenters. The average molecular weight is 154 g/mol. The lowest BCUT2D eigenvalue weighted by molar-refractivity contribution is -0.139. The molecule has 4 heteroatoms. The largest absolute Gasteiger partial charge is 0.480 e. The van der Waals surface area contributed by atoms with Crippen LogP contribution in [-0.2, 0) is 4.79 Å². The first kappa shape index (κ1) is 8.02. The molecule has 0 aliphatic carbocycles. The van der Waals surface area contributed by atoms with Crippen LogP contribution in [0.1, 0.15) is 19.3 Å². The van der Waals surface area contributed by atoms with Crippen LogP contribution in [0.25, 0.3) is 0 Å². The van der Waals surface area contributed by atoms with Gasteiger partial charge in [-0.05, 0) is 12.8 Å². The quantitative estimate of drug-likeness (QED) is 0.591. The molecule has 0 radical (unpaired) electrons. The zero-order valence-electron chi connectivity index (χ0n) is 6.08. The Labute approximate surface area is 64.8 Å². The summed E-state index contributed by atoms with van der Waals surface area (Å²) in [5.74, 6) is -0.814. The van der Waals surface area contributed by atoms with Gasteiger partial charge >= 0.3 is 5.97 Å². The van der Waals surface area contributed by atoms with E-state index in [0.717, 1.165) is 6.42 Å². The van der Waals surface area contributed by atoms with Crippen LogP contribution in [0.3, 0.4) is 0 Å². The maximum Gasteiger partial charge on any atom is 0.320 e. The summed E-state index contributed by atoms with van der Waals surface area (Å²) >= 11 is 0. The van der Waals surface area contributed by atoms with Crippen LogP contribution in [0.15, 0.2) is 0 Å². The number of carboxylic acid groups (broad SMARTS) is 1. The van der Waals surface area contributed by atoms with Gasteiger partial charge in [0, 0.05) is 6.04 Å². The number of rotatable bonds is 2. The number of nitrogens with one attached hydrogen (secondary N) is 1. The van der Waals surface area contributed by atoms with E-state index in [1.54, 1.807) is 0 Å². The predicted octanol–water partition coefficient (Wildman–Crippen LogP) is 0.105. The second kappa shape index (κ2) is 3.35. The van der Waals surface area contributed by atoms with Crippen LogP contribution in [0, 0.1) is 11.3 Å². The monoisotopic (exact) mass is 154 g/mol. The molecule has 1 aliphatic rings. The molecule has 0 aromatic carbocycles. The fourth-order valence-corrected chi connectivity index (χ4v) is 1.28. The number of nitrogens with zero attached hydrogens (tertiary/aromatic N) is 1. The molecule has 0 bridgehead atoms. The Balaban J connectivity index is 2.36. The molecule has 0 amide bonds. The van der Waals surface area contributed by atoms with E-state index in [4.69, 9.17) is 10.4 Å². The third-order valence-corrected chi connectivity index (χ3v) is 1.88. The van der Waals surface area contributed by atoms with E-state index in [0.29, 0.717) is 12.8 Å². The number of hydrogen-bond donors (Lipinski definition) is 2. The van der Waals surface area contributed by atoms with Crippen LogP contribution in [0.4, 0.5) is 0 Å². The van der Waals surface area contributed by atoms with Crippen molar-refractivity contribution in [1.82, 2.24) is 5.32 Å². The minimum Gasteiger partial charge on any atom is -0.480 e. The molecule has 0 spiro atoms. The molecule has 11 heavy (non-hydrogen) atoms. The summed E-state index contributed by atoms with van der Waals surface area (Å²) in [6.45, 7) is 0. The smallest absolute Gasteiger partial charge is 0.320 e. The normalized spacial score (nSPS) is 29.7. The van der Waals surface area contributed by atoms with Crippen molar-refractivity contribution in [2.24, 2.45) is 0 Å². The molecule has 0 unspecified atom stereocenters. The number of carboxylic acids is 1. The highest BCUT2D eigenvalue weighted by Crippen LogP contribution is 2.14. The van der Waals surface area contributed by atoms with Crippen molar-refractivity contribution in [1.29, 1.82) is 5.26 Å².